The van der Waals surface area contributed by atoms with Crippen molar-refractivity contribution >= 4 is 40.1 Å². The maximum atomic E-state index is 13.7. The Balaban J connectivity index is 1.74. The third-order valence-electron chi connectivity index (χ3n) is 4.42. The van der Waals surface area contributed by atoms with E-state index in [2.05, 4.69) is 23.8 Å². The summed E-state index contributed by atoms with van der Waals surface area (Å²) in [6, 6.07) is 13.7. The van der Waals surface area contributed by atoms with Crippen molar-refractivity contribution in [2.75, 3.05) is 11.9 Å². The van der Waals surface area contributed by atoms with Crippen molar-refractivity contribution in [3.05, 3.63) is 72.6 Å². The normalized spacial score (nSPS) is 17.6. The molecular weight excluding hydrogens is 389 g/mol. The number of anilines is 1. The molecule has 1 aliphatic heterocycles. The minimum atomic E-state index is -0.615. The lowest BCUT2D eigenvalue weighted by atomic mass is 10.2. The van der Waals surface area contributed by atoms with Gasteiger partial charge in [-0.25, -0.2) is 9.38 Å². The summed E-state index contributed by atoms with van der Waals surface area (Å²) >= 11 is 1.24. The number of carbonyl (C=O) groups excluding carboxylic acids is 2. The lowest BCUT2D eigenvalue weighted by Gasteiger charge is -2.14. The largest absolute Gasteiger partial charge is 0.324 e. The van der Waals surface area contributed by atoms with Crippen LogP contribution in [0.2, 0.25) is 0 Å². The Kier molecular flexibility index (Phi) is 6.82. The van der Waals surface area contributed by atoms with Crippen LogP contribution in [-0.4, -0.2) is 33.7 Å². The first-order valence-electron chi connectivity index (χ1n) is 9.32. The van der Waals surface area contributed by atoms with Crippen LogP contribution in [0.4, 0.5) is 15.8 Å². The number of aryl methyl sites for hydroxylation is 1. The van der Waals surface area contributed by atoms with Crippen molar-refractivity contribution in [1.82, 2.24) is 4.90 Å². The van der Waals surface area contributed by atoms with Gasteiger partial charge in [-0.15, -0.1) is 6.58 Å². The highest BCUT2D eigenvalue weighted by Crippen LogP contribution is 2.32. The summed E-state index contributed by atoms with van der Waals surface area (Å²) in [6.07, 6.45) is 2.49. The van der Waals surface area contributed by atoms with Crippen LogP contribution in [0.1, 0.15) is 18.9 Å². The molecule has 1 atom stereocenters. The molecule has 1 aliphatic rings. The van der Waals surface area contributed by atoms with Gasteiger partial charge < -0.3 is 5.32 Å². The summed E-state index contributed by atoms with van der Waals surface area (Å²) in [5.74, 6) is -1.15. The Labute approximate surface area is 173 Å². The molecule has 0 aliphatic carbocycles. The molecule has 3 rings (SSSR count). The Bertz CT molecular complexity index is 943. The fourth-order valence-corrected chi connectivity index (χ4v) is 4.04. The molecule has 2 aromatic carbocycles. The van der Waals surface area contributed by atoms with Crippen LogP contribution < -0.4 is 5.32 Å². The van der Waals surface area contributed by atoms with Crippen LogP contribution in [0.25, 0.3) is 0 Å². The molecule has 5 nitrogen and oxygen atoms in total. The molecule has 1 fully saturated rings. The van der Waals surface area contributed by atoms with Crippen LogP contribution in [0.5, 0.6) is 0 Å². The summed E-state index contributed by atoms with van der Waals surface area (Å²) in [7, 11) is 0. The number of thioether (sulfide) groups is 1. The van der Waals surface area contributed by atoms with Crippen molar-refractivity contribution in [1.29, 1.82) is 0 Å². The van der Waals surface area contributed by atoms with Crippen LogP contribution in [0.15, 0.2) is 66.2 Å². The standard InChI is InChI=1S/C22H22FN3O2S/c1-3-13-26-21(28)19(14-20(27)25-18-8-6-5-7-17(18)23)29-22(26)24-16-11-9-15(4-2)10-12-16/h3,5-12,19H,1,4,13-14H2,2H3,(H,25,27)/t19-/m1/s1. The molecule has 2 amide bonds. The van der Waals surface area contributed by atoms with Crippen LogP contribution in [0.3, 0.4) is 0 Å². The average molecular weight is 412 g/mol. The number of amidine groups is 1. The summed E-state index contributed by atoms with van der Waals surface area (Å²) in [6.45, 7) is 6.08. The fourth-order valence-electron chi connectivity index (χ4n) is 2.87. The first-order chi connectivity index (χ1) is 14.0. The van der Waals surface area contributed by atoms with Crippen LogP contribution in [-0.2, 0) is 16.0 Å². The minimum absolute atomic E-state index is 0.0702. The Morgan fingerprint density at radius 3 is 2.66 bits per heavy atom. The predicted octanol–water partition coefficient (Wildman–Crippen LogP) is 4.53. The first-order valence-corrected chi connectivity index (χ1v) is 10.2. The monoisotopic (exact) mass is 411 g/mol. The van der Waals surface area contributed by atoms with Gasteiger partial charge in [0.25, 0.3) is 0 Å². The van der Waals surface area contributed by atoms with Crippen LogP contribution in [0, 0.1) is 5.82 Å². The molecule has 0 bridgehead atoms. The molecule has 1 heterocycles. The Morgan fingerprint density at radius 1 is 1.28 bits per heavy atom. The highest BCUT2D eigenvalue weighted by atomic mass is 32.2. The SMILES string of the molecule is C=CCN1C(=O)[C@@H](CC(=O)Nc2ccccc2F)SC1=Nc1ccc(CC)cc1. The molecule has 0 radical (unpaired) electrons. The van der Waals surface area contributed by atoms with E-state index in [0.29, 0.717) is 11.7 Å². The topological polar surface area (TPSA) is 61.8 Å². The van der Waals surface area contributed by atoms with Gasteiger partial charge in [0.15, 0.2) is 5.17 Å². The maximum Gasteiger partial charge on any atom is 0.242 e. The zero-order valence-corrected chi connectivity index (χ0v) is 16.9. The smallest absolute Gasteiger partial charge is 0.242 e. The molecule has 1 saturated heterocycles. The number of rotatable bonds is 7. The van der Waals surface area contributed by atoms with Crippen LogP contribution >= 0.6 is 11.8 Å². The van der Waals surface area contributed by atoms with Gasteiger partial charge in [-0.3, -0.25) is 14.5 Å². The summed E-state index contributed by atoms with van der Waals surface area (Å²) in [5, 5.41) is 2.44. The van der Waals surface area contributed by atoms with Gasteiger partial charge in [-0.1, -0.05) is 49.0 Å². The third-order valence-corrected chi connectivity index (χ3v) is 5.60. The lowest BCUT2D eigenvalue weighted by molar-refractivity contribution is -0.127. The number of para-hydroxylation sites is 1. The fraction of sp³-hybridized carbons (Fsp3) is 0.227. The van der Waals surface area contributed by atoms with E-state index in [1.165, 1.54) is 34.4 Å². The second-order valence-electron chi connectivity index (χ2n) is 6.49. The lowest BCUT2D eigenvalue weighted by Crippen LogP contribution is -2.33. The van der Waals surface area contributed by atoms with Crippen molar-refractivity contribution in [3.63, 3.8) is 0 Å². The first kappa shape index (κ1) is 20.8. The molecule has 0 unspecified atom stereocenters. The van der Waals surface area contributed by atoms with Gasteiger partial charge in [0, 0.05) is 13.0 Å². The quantitative estimate of drug-likeness (QED) is 0.681. The predicted molar refractivity (Wildman–Crippen MR) is 116 cm³/mol. The van der Waals surface area contributed by atoms with E-state index in [1.807, 2.05) is 24.3 Å². The average Bonchev–Trinajstić information content (AvgIpc) is 2.99. The van der Waals surface area contributed by atoms with E-state index in [4.69, 9.17) is 0 Å². The van der Waals surface area contributed by atoms with E-state index < -0.39 is 17.0 Å². The number of benzene rings is 2. The number of amides is 2. The van der Waals surface area contributed by atoms with Crippen molar-refractivity contribution in [2.24, 2.45) is 4.99 Å². The zero-order chi connectivity index (χ0) is 20.8. The van der Waals surface area contributed by atoms with Gasteiger partial charge in [0.1, 0.15) is 11.1 Å². The minimum Gasteiger partial charge on any atom is -0.324 e. The van der Waals surface area contributed by atoms with Gasteiger partial charge >= 0.3 is 0 Å². The molecule has 29 heavy (non-hydrogen) atoms. The molecule has 7 heteroatoms. The second-order valence-corrected chi connectivity index (χ2v) is 7.66. The third kappa shape index (κ3) is 5.12. The zero-order valence-electron chi connectivity index (χ0n) is 16.1. The molecule has 1 N–H and O–H groups in total. The van der Waals surface area contributed by atoms with E-state index in [9.17, 15) is 14.0 Å². The molecular formula is C22H22FN3O2S. The number of nitrogens with one attached hydrogen (secondary N) is 1. The van der Waals surface area contributed by atoms with E-state index in [1.54, 1.807) is 18.2 Å². The Hall–Kier alpha value is -2.93. The molecule has 2 aromatic rings. The van der Waals surface area contributed by atoms with Gasteiger partial charge in [-0.2, -0.15) is 0 Å². The van der Waals surface area contributed by atoms with Gasteiger partial charge in [0.2, 0.25) is 11.8 Å². The van der Waals surface area contributed by atoms with Crippen molar-refractivity contribution < 1.29 is 14.0 Å². The van der Waals surface area contributed by atoms with E-state index >= 15 is 0 Å². The van der Waals surface area contributed by atoms with Crippen molar-refractivity contribution in [3.8, 4) is 0 Å². The Morgan fingerprint density at radius 2 is 2.00 bits per heavy atom. The number of halogens is 1. The number of hydrogen-bond donors (Lipinski definition) is 1. The summed E-state index contributed by atoms with van der Waals surface area (Å²) in [5.41, 5.74) is 2.04. The molecule has 0 spiro atoms. The van der Waals surface area contributed by atoms with E-state index in [0.717, 1.165) is 12.1 Å². The number of aliphatic imine (C=N–C) groups is 1. The highest BCUT2D eigenvalue weighted by Gasteiger charge is 2.38. The summed E-state index contributed by atoms with van der Waals surface area (Å²) < 4.78 is 13.7. The molecule has 0 aromatic heterocycles. The second kappa shape index (κ2) is 9.52. The van der Waals surface area contributed by atoms with Crippen molar-refractivity contribution in [2.45, 2.75) is 25.0 Å². The highest BCUT2D eigenvalue weighted by molar-refractivity contribution is 8.15. The number of hydrogen-bond acceptors (Lipinski definition) is 4. The van der Waals surface area contributed by atoms with Gasteiger partial charge in [-0.05, 0) is 36.2 Å². The summed E-state index contributed by atoms with van der Waals surface area (Å²) in [4.78, 5) is 31.2. The van der Waals surface area contributed by atoms with Gasteiger partial charge in [0.05, 0.1) is 11.4 Å². The molecule has 0 saturated carbocycles. The maximum absolute atomic E-state index is 13.7. The number of nitrogens with zero attached hydrogens (tertiary/aromatic N) is 2. The molecule has 150 valence electrons. The number of carbonyl (C=O) groups is 2. The van der Waals surface area contributed by atoms with E-state index in [-0.39, 0.29) is 18.0 Å².